The van der Waals surface area contributed by atoms with Gasteiger partial charge in [0.15, 0.2) is 0 Å². The first-order valence-corrected chi connectivity index (χ1v) is 6.13. The van der Waals surface area contributed by atoms with Crippen molar-refractivity contribution in [2.24, 2.45) is 5.92 Å². The first kappa shape index (κ1) is 13.3. The number of hydrazine groups is 1. The number of hydrogen-bond donors (Lipinski definition) is 2. The number of rotatable bonds is 2. The van der Waals surface area contributed by atoms with Gasteiger partial charge in [0.1, 0.15) is 5.60 Å². The molecule has 0 aromatic rings. The minimum Gasteiger partial charge on any atom is -0.443 e. The Bertz CT molecular complexity index is 236. The zero-order valence-electron chi connectivity index (χ0n) is 10.8. The van der Waals surface area contributed by atoms with E-state index in [1.165, 1.54) is 19.3 Å². The van der Waals surface area contributed by atoms with Gasteiger partial charge in [-0.05, 0) is 39.5 Å². The van der Waals surface area contributed by atoms with Crippen LogP contribution in [0.1, 0.15) is 53.4 Å². The van der Waals surface area contributed by atoms with Crippen LogP contribution < -0.4 is 10.9 Å². The van der Waals surface area contributed by atoms with E-state index in [1.54, 1.807) is 0 Å². The van der Waals surface area contributed by atoms with Gasteiger partial charge in [-0.15, -0.1) is 0 Å². The van der Waals surface area contributed by atoms with Crippen molar-refractivity contribution in [3.63, 3.8) is 0 Å². The van der Waals surface area contributed by atoms with Gasteiger partial charge in [-0.3, -0.25) is 5.43 Å². The lowest BCUT2D eigenvalue weighted by molar-refractivity contribution is 0.0473. The van der Waals surface area contributed by atoms with E-state index in [0.29, 0.717) is 12.0 Å². The summed E-state index contributed by atoms with van der Waals surface area (Å²) in [5, 5.41) is 0. The predicted octanol–water partition coefficient (Wildman–Crippen LogP) is 2.59. The highest BCUT2D eigenvalue weighted by Crippen LogP contribution is 2.23. The van der Waals surface area contributed by atoms with E-state index in [2.05, 4.69) is 17.8 Å². The van der Waals surface area contributed by atoms with Gasteiger partial charge in [-0.2, -0.15) is 0 Å². The number of nitrogens with one attached hydrogen (secondary N) is 2. The Morgan fingerprint density at radius 3 is 2.44 bits per heavy atom. The average molecular weight is 228 g/mol. The van der Waals surface area contributed by atoms with Gasteiger partial charge in [0.05, 0.1) is 0 Å². The Labute approximate surface area is 98.1 Å². The smallest absolute Gasteiger partial charge is 0.422 e. The molecule has 0 radical (unpaired) electrons. The van der Waals surface area contributed by atoms with Gasteiger partial charge >= 0.3 is 6.09 Å². The first-order valence-electron chi connectivity index (χ1n) is 6.13. The van der Waals surface area contributed by atoms with Crippen LogP contribution in [0.25, 0.3) is 0 Å². The normalized spacial score (nSPS) is 26.2. The standard InChI is InChI=1S/C12H24N2O2/c1-9-7-5-6-8-10(9)13-14-11(15)16-12(2,3)4/h9-10,13H,5-8H2,1-4H3,(H,14,15). The van der Waals surface area contributed by atoms with Gasteiger partial charge < -0.3 is 4.74 Å². The molecule has 0 bridgehead atoms. The summed E-state index contributed by atoms with van der Waals surface area (Å²) >= 11 is 0. The second kappa shape index (κ2) is 5.53. The zero-order chi connectivity index (χ0) is 12.2. The lowest BCUT2D eigenvalue weighted by Gasteiger charge is -2.30. The summed E-state index contributed by atoms with van der Waals surface area (Å²) in [5.41, 5.74) is 5.26. The van der Waals surface area contributed by atoms with Crippen LogP contribution in [-0.2, 0) is 4.74 Å². The summed E-state index contributed by atoms with van der Waals surface area (Å²) in [7, 11) is 0. The van der Waals surface area contributed by atoms with E-state index in [9.17, 15) is 4.79 Å². The second-order valence-corrected chi connectivity index (χ2v) is 5.64. The lowest BCUT2D eigenvalue weighted by Crippen LogP contribution is -2.49. The van der Waals surface area contributed by atoms with Gasteiger partial charge in [0, 0.05) is 6.04 Å². The van der Waals surface area contributed by atoms with Crippen LogP contribution in [0.2, 0.25) is 0 Å². The summed E-state index contributed by atoms with van der Waals surface area (Å²) in [5.74, 6) is 0.615. The fourth-order valence-electron chi connectivity index (χ4n) is 1.99. The van der Waals surface area contributed by atoms with E-state index in [-0.39, 0.29) is 0 Å². The van der Waals surface area contributed by atoms with E-state index in [4.69, 9.17) is 4.74 Å². The summed E-state index contributed by atoms with van der Waals surface area (Å²) in [4.78, 5) is 11.4. The zero-order valence-corrected chi connectivity index (χ0v) is 10.8. The molecule has 1 fully saturated rings. The molecule has 2 atom stereocenters. The summed E-state index contributed by atoms with van der Waals surface area (Å²) in [6.07, 6.45) is 4.49. The number of ether oxygens (including phenoxy) is 1. The third kappa shape index (κ3) is 4.84. The Kier molecular flexibility index (Phi) is 4.59. The van der Waals surface area contributed by atoms with Gasteiger partial charge in [0.2, 0.25) is 0 Å². The molecule has 1 aliphatic rings. The van der Waals surface area contributed by atoms with E-state index >= 15 is 0 Å². The molecular weight excluding hydrogens is 204 g/mol. The van der Waals surface area contributed by atoms with Crippen molar-refractivity contribution >= 4 is 6.09 Å². The van der Waals surface area contributed by atoms with Crippen LogP contribution in [0, 0.1) is 5.92 Å². The highest BCUT2D eigenvalue weighted by Gasteiger charge is 2.22. The molecule has 2 unspecified atom stereocenters. The summed E-state index contributed by atoms with van der Waals surface area (Å²) in [6.45, 7) is 7.79. The molecule has 1 saturated carbocycles. The quantitative estimate of drug-likeness (QED) is 0.714. The Morgan fingerprint density at radius 2 is 1.88 bits per heavy atom. The molecule has 0 aromatic carbocycles. The molecule has 1 aliphatic carbocycles. The fraction of sp³-hybridized carbons (Fsp3) is 0.917. The summed E-state index contributed by atoms with van der Waals surface area (Å²) in [6, 6.07) is 0.376. The van der Waals surface area contributed by atoms with Crippen LogP contribution in [0.4, 0.5) is 4.79 Å². The third-order valence-electron chi connectivity index (χ3n) is 2.87. The Morgan fingerprint density at radius 1 is 1.25 bits per heavy atom. The van der Waals surface area contributed by atoms with Crippen molar-refractivity contribution in [3.8, 4) is 0 Å². The molecule has 0 spiro atoms. The molecule has 0 aliphatic heterocycles. The van der Waals surface area contributed by atoms with Crippen molar-refractivity contribution in [2.75, 3.05) is 0 Å². The molecule has 0 heterocycles. The number of hydrogen-bond acceptors (Lipinski definition) is 3. The van der Waals surface area contributed by atoms with E-state index in [1.807, 2.05) is 20.8 Å². The van der Waals surface area contributed by atoms with Crippen molar-refractivity contribution in [1.29, 1.82) is 0 Å². The van der Waals surface area contributed by atoms with Crippen molar-refractivity contribution < 1.29 is 9.53 Å². The van der Waals surface area contributed by atoms with Crippen LogP contribution in [0.3, 0.4) is 0 Å². The first-order chi connectivity index (χ1) is 7.38. The topological polar surface area (TPSA) is 50.4 Å². The SMILES string of the molecule is CC1CCCCC1NNC(=O)OC(C)(C)C. The van der Waals surface area contributed by atoms with Crippen molar-refractivity contribution in [3.05, 3.63) is 0 Å². The maximum atomic E-state index is 11.4. The minimum atomic E-state index is -0.441. The average Bonchev–Trinajstić information content (AvgIpc) is 2.14. The number of carbonyl (C=O) groups excluding carboxylic acids is 1. The maximum Gasteiger partial charge on any atom is 0.422 e. The molecule has 4 heteroatoms. The minimum absolute atomic E-state index is 0.376. The third-order valence-corrected chi connectivity index (χ3v) is 2.87. The monoisotopic (exact) mass is 228 g/mol. The largest absolute Gasteiger partial charge is 0.443 e. The molecule has 1 amide bonds. The highest BCUT2D eigenvalue weighted by molar-refractivity contribution is 5.67. The molecular formula is C12H24N2O2. The molecule has 0 saturated heterocycles. The second-order valence-electron chi connectivity index (χ2n) is 5.64. The van der Waals surface area contributed by atoms with Gasteiger partial charge in [0.25, 0.3) is 0 Å². The molecule has 2 N–H and O–H groups in total. The predicted molar refractivity (Wildman–Crippen MR) is 63.9 cm³/mol. The van der Waals surface area contributed by atoms with E-state index < -0.39 is 11.7 Å². The van der Waals surface area contributed by atoms with Gasteiger partial charge in [-0.1, -0.05) is 19.8 Å². The lowest BCUT2D eigenvalue weighted by atomic mass is 9.86. The Balaban J connectivity index is 2.25. The molecule has 1 rings (SSSR count). The molecule has 94 valence electrons. The molecule has 4 nitrogen and oxygen atoms in total. The Hall–Kier alpha value is -0.770. The van der Waals surface area contributed by atoms with Crippen molar-refractivity contribution in [2.45, 2.75) is 65.0 Å². The van der Waals surface area contributed by atoms with Crippen LogP contribution in [0.15, 0.2) is 0 Å². The maximum absolute atomic E-state index is 11.4. The number of carbonyl (C=O) groups is 1. The molecule has 0 aromatic heterocycles. The molecule has 16 heavy (non-hydrogen) atoms. The fourth-order valence-corrected chi connectivity index (χ4v) is 1.99. The van der Waals surface area contributed by atoms with Crippen molar-refractivity contribution in [1.82, 2.24) is 10.9 Å². The van der Waals surface area contributed by atoms with Crippen LogP contribution >= 0.6 is 0 Å². The van der Waals surface area contributed by atoms with Crippen LogP contribution in [-0.4, -0.2) is 17.7 Å². The van der Waals surface area contributed by atoms with Gasteiger partial charge in [-0.25, -0.2) is 10.2 Å². The van der Waals surface area contributed by atoms with E-state index in [0.717, 1.165) is 6.42 Å². The number of amides is 1. The summed E-state index contributed by atoms with van der Waals surface area (Å²) < 4.78 is 5.15. The highest BCUT2D eigenvalue weighted by atomic mass is 16.6. The van der Waals surface area contributed by atoms with Crippen LogP contribution in [0.5, 0.6) is 0 Å².